The molecule has 2 aromatic heterocycles. The molecule has 1 fully saturated rings. The van der Waals surface area contributed by atoms with E-state index >= 15 is 0 Å². The van der Waals surface area contributed by atoms with Gasteiger partial charge in [-0.3, -0.25) is 4.79 Å². The van der Waals surface area contributed by atoms with Crippen LogP contribution >= 0.6 is 0 Å². The van der Waals surface area contributed by atoms with Crippen LogP contribution in [0.15, 0.2) is 48.8 Å². The van der Waals surface area contributed by atoms with Crippen molar-refractivity contribution in [3.63, 3.8) is 0 Å². The maximum atomic E-state index is 13.4. The largest absolute Gasteiger partial charge is 0.355 e. The topological polar surface area (TPSA) is 70.5 Å². The van der Waals surface area contributed by atoms with Gasteiger partial charge in [-0.1, -0.05) is 18.2 Å². The molecule has 28 heavy (non-hydrogen) atoms. The van der Waals surface area contributed by atoms with Gasteiger partial charge >= 0.3 is 0 Å². The number of carbonyl (C=O) groups is 1. The van der Waals surface area contributed by atoms with Crippen LogP contribution in [0.1, 0.15) is 35.8 Å². The summed E-state index contributed by atoms with van der Waals surface area (Å²) in [6.45, 7) is 2.34. The number of rotatable bonds is 6. The Hall–Kier alpha value is -2.77. The molecule has 1 aliphatic rings. The minimum Gasteiger partial charge on any atom is -0.355 e. The Kier molecular flexibility index (Phi) is 5.36. The molecule has 0 saturated carbocycles. The molecule has 1 aliphatic heterocycles. The first-order valence-electron chi connectivity index (χ1n) is 9.57. The third-order valence-electron chi connectivity index (χ3n) is 5.20. The fourth-order valence-corrected chi connectivity index (χ4v) is 3.60. The van der Waals surface area contributed by atoms with E-state index in [0.29, 0.717) is 18.5 Å². The van der Waals surface area contributed by atoms with Gasteiger partial charge < -0.3 is 9.72 Å². The minimum absolute atomic E-state index is 0.00802. The van der Waals surface area contributed by atoms with Crippen molar-refractivity contribution in [1.82, 2.24) is 25.6 Å². The Labute approximate surface area is 163 Å². The number of hydrazine groups is 1. The van der Waals surface area contributed by atoms with Crippen molar-refractivity contribution in [3.05, 3.63) is 71.6 Å². The fraction of sp³-hybridized carbons (Fsp3) is 0.333. The molecule has 3 heterocycles. The van der Waals surface area contributed by atoms with Crippen LogP contribution in [0.2, 0.25) is 0 Å². The first-order valence-corrected chi connectivity index (χ1v) is 9.57. The summed E-state index contributed by atoms with van der Waals surface area (Å²) in [7, 11) is 0. The number of nitrogens with one attached hydrogen (secondary N) is 3. The van der Waals surface area contributed by atoms with Crippen molar-refractivity contribution < 1.29 is 9.18 Å². The van der Waals surface area contributed by atoms with E-state index in [1.807, 2.05) is 36.7 Å². The van der Waals surface area contributed by atoms with E-state index in [2.05, 4.69) is 25.6 Å². The Bertz CT molecular complexity index is 986. The smallest absolute Gasteiger partial charge is 0.238 e. The molecular formula is C21H24FN5O. The van der Waals surface area contributed by atoms with Gasteiger partial charge in [0.25, 0.3) is 0 Å². The molecule has 0 radical (unpaired) electrons. The van der Waals surface area contributed by atoms with Gasteiger partial charge in [0, 0.05) is 25.2 Å². The van der Waals surface area contributed by atoms with Crippen LogP contribution in [-0.4, -0.2) is 27.9 Å². The second-order valence-corrected chi connectivity index (χ2v) is 7.20. The predicted molar refractivity (Wildman–Crippen MR) is 105 cm³/mol. The van der Waals surface area contributed by atoms with E-state index in [9.17, 15) is 9.18 Å². The molecule has 1 amide bonds. The van der Waals surface area contributed by atoms with Crippen molar-refractivity contribution in [3.8, 4) is 0 Å². The number of pyridine rings is 1. The average molecular weight is 381 g/mol. The van der Waals surface area contributed by atoms with Gasteiger partial charge in [0.05, 0.1) is 11.7 Å². The number of hydrogen-bond donors (Lipinski definition) is 3. The van der Waals surface area contributed by atoms with E-state index in [1.165, 1.54) is 6.07 Å². The second kappa shape index (κ2) is 8.08. The number of halogens is 1. The molecule has 146 valence electrons. The molecule has 2 unspecified atom stereocenters. The third-order valence-corrected chi connectivity index (χ3v) is 5.20. The molecule has 2 atom stereocenters. The van der Waals surface area contributed by atoms with Gasteiger partial charge in [-0.05, 0) is 49.1 Å². The first-order chi connectivity index (χ1) is 13.6. The Morgan fingerprint density at radius 1 is 1.32 bits per heavy atom. The number of hydrogen-bond acceptors (Lipinski definition) is 4. The Morgan fingerprint density at radius 2 is 2.21 bits per heavy atom. The number of aryl methyl sites for hydroxylation is 2. The number of carbonyl (C=O) groups excluding carboxylic acids is 1. The van der Waals surface area contributed by atoms with Gasteiger partial charge in [-0.25, -0.2) is 20.2 Å². The summed E-state index contributed by atoms with van der Waals surface area (Å²) >= 11 is 0. The van der Waals surface area contributed by atoms with Crippen molar-refractivity contribution in [2.24, 2.45) is 0 Å². The standard InChI is InChI=1S/C21H24FN5O/c1-14-11-15(7-8-17(14)22)18-12-19(26-25-18)21(28)23-9-4-6-20-24-13-16-5-2-3-10-27(16)20/h2-3,5,7-8,10-11,13,18-19,25-26H,4,6,9,12H2,1H3,(H,23,28). The molecular weight excluding hydrogens is 357 g/mol. The molecule has 4 rings (SSSR count). The predicted octanol–water partition coefficient (Wildman–Crippen LogP) is 2.44. The zero-order chi connectivity index (χ0) is 19.5. The highest BCUT2D eigenvalue weighted by Gasteiger charge is 2.30. The highest BCUT2D eigenvalue weighted by Crippen LogP contribution is 2.24. The maximum Gasteiger partial charge on any atom is 0.238 e. The van der Waals surface area contributed by atoms with E-state index < -0.39 is 0 Å². The van der Waals surface area contributed by atoms with Crippen LogP contribution in [0.25, 0.3) is 5.52 Å². The van der Waals surface area contributed by atoms with E-state index in [0.717, 1.165) is 29.7 Å². The van der Waals surface area contributed by atoms with Crippen LogP contribution in [0.3, 0.4) is 0 Å². The summed E-state index contributed by atoms with van der Waals surface area (Å²) < 4.78 is 15.5. The van der Waals surface area contributed by atoms with Gasteiger partial charge in [-0.15, -0.1) is 0 Å². The van der Waals surface area contributed by atoms with Crippen molar-refractivity contribution >= 4 is 11.4 Å². The normalized spacial score (nSPS) is 19.2. The van der Waals surface area contributed by atoms with Crippen molar-refractivity contribution in [2.75, 3.05) is 6.54 Å². The SMILES string of the molecule is Cc1cc(C2CC(C(=O)NCCCc3ncc4ccccn34)NN2)ccc1F. The summed E-state index contributed by atoms with van der Waals surface area (Å²) in [5, 5.41) is 2.99. The monoisotopic (exact) mass is 381 g/mol. The van der Waals surface area contributed by atoms with Crippen LogP contribution in [-0.2, 0) is 11.2 Å². The summed E-state index contributed by atoms with van der Waals surface area (Å²) in [6, 6.07) is 10.7. The molecule has 0 aliphatic carbocycles. The molecule has 0 bridgehead atoms. The molecule has 1 aromatic carbocycles. The third kappa shape index (κ3) is 3.90. The molecule has 3 aromatic rings. The molecule has 7 heteroatoms. The van der Waals surface area contributed by atoms with Crippen molar-refractivity contribution in [2.45, 2.75) is 38.3 Å². The van der Waals surface area contributed by atoms with Gasteiger partial charge in [0.15, 0.2) is 0 Å². The number of imidazole rings is 1. The number of aromatic nitrogens is 2. The highest BCUT2D eigenvalue weighted by atomic mass is 19.1. The lowest BCUT2D eigenvalue weighted by atomic mass is 10.00. The number of fused-ring (bicyclic) bond motifs is 1. The summed E-state index contributed by atoms with van der Waals surface area (Å²) in [5.74, 6) is 0.758. The zero-order valence-electron chi connectivity index (χ0n) is 15.8. The molecule has 3 N–H and O–H groups in total. The first kappa shape index (κ1) is 18.6. The van der Waals surface area contributed by atoms with Crippen LogP contribution in [0.4, 0.5) is 4.39 Å². The van der Waals surface area contributed by atoms with Gasteiger partial charge in [-0.2, -0.15) is 0 Å². The van der Waals surface area contributed by atoms with E-state index in [1.54, 1.807) is 13.0 Å². The summed E-state index contributed by atoms with van der Waals surface area (Å²) in [5.41, 5.74) is 8.85. The Morgan fingerprint density at radius 3 is 3.07 bits per heavy atom. The van der Waals surface area contributed by atoms with Crippen LogP contribution in [0.5, 0.6) is 0 Å². The van der Waals surface area contributed by atoms with Crippen molar-refractivity contribution in [1.29, 1.82) is 0 Å². The van der Waals surface area contributed by atoms with Gasteiger partial charge in [0.1, 0.15) is 17.7 Å². The van der Waals surface area contributed by atoms with E-state index in [-0.39, 0.29) is 23.8 Å². The lowest BCUT2D eigenvalue weighted by Crippen LogP contribution is -2.43. The zero-order valence-corrected chi connectivity index (χ0v) is 15.8. The number of benzene rings is 1. The fourth-order valence-electron chi connectivity index (χ4n) is 3.60. The second-order valence-electron chi connectivity index (χ2n) is 7.20. The number of amides is 1. The van der Waals surface area contributed by atoms with E-state index in [4.69, 9.17) is 0 Å². The molecule has 6 nitrogen and oxygen atoms in total. The summed E-state index contributed by atoms with van der Waals surface area (Å²) in [6.07, 6.45) is 6.11. The average Bonchev–Trinajstić information content (AvgIpc) is 3.35. The minimum atomic E-state index is -0.303. The lowest BCUT2D eigenvalue weighted by molar-refractivity contribution is -0.122. The number of nitrogens with zero attached hydrogens (tertiary/aromatic N) is 2. The quantitative estimate of drug-likeness (QED) is 0.574. The molecule has 1 saturated heterocycles. The summed E-state index contributed by atoms with van der Waals surface area (Å²) in [4.78, 5) is 16.9. The maximum absolute atomic E-state index is 13.4. The van der Waals surface area contributed by atoms with Crippen LogP contribution in [0, 0.1) is 12.7 Å². The lowest BCUT2D eigenvalue weighted by Gasteiger charge is -2.11. The van der Waals surface area contributed by atoms with Gasteiger partial charge in [0.2, 0.25) is 5.91 Å². The molecule has 0 spiro atoms. The van der Waals surface area contributed by atoms with Crippen LogP contribution < -0.4 is 16.2 Å². The highest BCUT2D eigenvalue weighted by molar-refractivity contribution is 5.82. The Balaban J connectivity index is 1.25.